The molecular weight excluding hydrogens is 494 g/mol. The van der Waals surface area contributed by atoms with Gasteiger partial charge in [-0.2, -0.15) is 4.98 Å². The van der Waals surface area contributed by atoms with Crippen molar-refractivity contribution in [2.75, 3.05) is 58.8 Å². The highest BCUT2D eigenvalue weighted by Crippen LogP contribution is 2.38. The predicted molar refractivity (Wildman–Crippen MR) is 142 cm³/mol. The van der Waals surface area contributed by atoms with Crippen LogP contribution in [-0.4, -0.2) is 73.8 Å². The molecule has 10 heteroatoms. The molecule has 194 valence electrons. The summed E-state index contributed by atoms with van der Waals surface area (Å²) >= 11 is 6.20. The molecule has 3 heterocycles. The number of amides is 1. The monoisotopic (exact) mass is 524 g/mol. The van der Waals surface area contributed by atoms with Gasteiger partial charge in [0.2, 0.25) is 0 Å². The minimum absolute atomic E-state index is 0.0176. The van der Waals surface area contributed by atoms with E-state index in [0.717, 1.165) is 42.9 Å². The Bertz CT molecular complexity index is 1370. The topological polar surface area (TPSA) is 90.1 Å². The van der Waals surface area contributed by atoms with Crippen molar-refractivity contribution in [2.24, 2.45) is 0 Å². The maximum Gasteiger partial charge on any atom is 0.349 e. The molecule has 2 aliphatic heterocycles. The summed E-state index contributed by atoms with van der Waals surface area (Å²) in [5, 5.41) is 3.82. The van der Waals surface area contributed by atoms with Crippen LogP contribution in [0.1, 0.15) is 15.9 Å². The van der Waals surface area contributed by atoms with E-state index in [2.05, 4.69) is 10.3 Å². The number of aryl methyl sites for hydroxylation is 1. The fraction of sp³-hybridized carbons (Fsp3) is 0.370. The quantitative estimate of drug-likeness (QED) is 0.488. The van der Waals surface area contributed by atoms with Crippen LogP contribution in [0.3, 0.4) is 0 Å². The number of methoxy groups -OCH3 is 2. The number of carbonyl (C=O) groups is 1. The average molecular weight is 525 g/mol. The van der Waals surface area contributed by atoms with Crippen molar-refractivity contribution in [1.82, 2.24) is 14.5 Å². The van der Waals surface area contributed by atoms with Gasteiger partial charge in [0.25, 0.3) is 5.91 Å². The lowest BCUT2D eigenvalue weighted by Gasteiger charge is -2.32. The van der Waals surface area contributed by atoms with Gasteiger partial charge < -0.3 is 24.6 Å². The summed E-state index contributed by atoms with van der Waals surface area (Å²) in [5.41, 5.74) is 3.18. The molecule has 1 aromatic heterocycles. The molecule has 2 N–H and O–H groups in total. The first kappa shape index (κ1) is 25.1. The molecule has 0 aliphatic carbocycles. The molecule has 2 aliphatic rings. The van der Waals surface area contributed by atoms with Gasteiger partial charge in [-0.25, -0.2) is 4.79 Å². The summed E-state index contributed by atoms with van der Waals surface area (Å²) in [7, 11) is 3.23. The van der Waals surface area contributed by atoms with Gasteiger partial charge in [0.1, 0.15) is 5.82 Å². The van der Waals surface area contributed by atoms with Crippen LogP contribution in [0.2, 0.25) is 5.02 Å². The Morgan fingerprint density at radius 3 is 2.54 bits per heavy atom. The van der Waals surface area contributed by atoms with E-state index in [0.29, 0.717) is 54.1 Å². The predicted octanol–water partition coefficient (Wildman–Crippen LogP) is 1.59. The summed E-state index contributed by atoms with van der Waals surface area (Å²) in [6, 6.07) is 13.0. The fourth-order valence-electron chi connectivity index (χ4n) is 5.08. The summed E-state index contributed by atoms with van der Waals surface area (Å²) in [6.45, 7) is 5.17. The Morgan fingerprint density at radius 2 is 1.81 bits per heavy atom. The van der Waals surface area contributed by atoms with Gasteiger partial charge in [-0.05, 0) is 36.2 Å². The number of carbonyl (C=O) groups excluding carboxylic acids is 1. The zero-order valence-corrected chi connectivity index (χ0v) is 21.8. The maximum atomic E-state index is 12.8. The molecule has 0 bridgehead atoms. The Hall–Kier alpha value is -3.56. The third-order valence-electron chi connectivity index (χ3n) is 7.15. The molecule has 0 unspecified atom stereocenters. The van der Waals surface area contributed by atoms with Gasteiger partial charge in [-0.15, -0.1) is 0 Å². The zero-order valence-electron chi connectivity index (χ0n) is 21.1. The van der Waals surface area contributed by atoms with Crippen LogP contribution in [0.4, 0.5) is 5.82 Å². The number of fused-ring (bicyclic) bond motifs is 3. The number of aromatic nitrogens is 2. The van der Waals surface area contributed by atoms with Crippen molar-refractivity contribution >= 4 is 23.3 Å². The van der Waals surface area contributed by atoms with Crippen molar-refractivity contribution in [2.45, 2.75) is 13.0 Å². The molecule has 9 nitrogen and oxygen atoms in total. The number of hydrogen-bond acceptors (Lipinski definition) is 6. The molecule has 1 saturated heterocycles. The maximum absolute atomic E-state index is 12.8. The largest absolute Gasteiger partial charge is 0.493 e. The molecule has 0 atom stereocenters. The van der Waals surface area contributed by atoms with Gasteiger partial charge in [0.05, 0.1) is 69.8 Å². The van der Waals surface area contributed by atoms with E-state index < -0.39 is 0 Å². The minimum Gasteiger partial charge on any atom is -0.493 e. The second-order valence-electron chi connectivity index (χ2n) is 9.27. The molecule has 3 aromatic rings. The lowest BCUT2D eigenvalue weighted by Crippen LogP contribution is -3.15. The van der Waals surface area contributed by atoms with Gasteiger partial charge in [-0.3, -0.25) is 9.36 Å². The average Bonchev–Trinajstić information content (AvgIpc) is 2.92. The van der Waals surface area contributed by atoms with E-state index >= 15 is 0 Å². The summed E-state index contributed by atoms with van der Waals surface area (Å²) in [6.07, 6.45) is 0.728. The van der Waals surface area contributed by atoms with Crippen LogP contribution in [0.15, 0.2) is 47.3 Å². The van der Waals surface area contributed by atoms with Crippen LogP contribution in [0.5, 0.6) is 11.5 Å². The Kier molecular flexibility index (Phi) is 7.34. The highest BCUT2D eigenvalue weighted by molar-refractivity contribution is 6.33. The van der Waals surface area contributed by atoms with E-state index in [1.165, 1.54) is 4.90 Å². The van der Waals surface area contributed by atoms with Crippen LogP contribution in [0.25, 0.3) is 11.3 Å². The van der Waals surface area contributed by atoms with Crippen LogP contribution < -0.4 is 25.4 Å². The number of hydrogen-bond donors (Lipinski definition) is 2. The van der Waals surface area contributed by atoms with Crippen molar-refractivity contribution in [1.29, 1.82) is 0 Å². The smallest absolute Gasteiger partial charge is 0.349 e. The number of halogens is 1. The minimum atomic E-state index is -0.264. The van der Waals surface area contributed by atoms with Crippen LogP contribution in [0, 0.1) is 0 Å². The van der Waals surface area contributed by atoms with E-state index in [9.17, 15) is 9.59 Å². The third-order valence-corrected chi connectivity index (χ3v) is 7.48. The highest BCUT2D eigenvalue weighted by Gasteiger charge is 2.26. The number of rotatable bonds is 7. The van der Waals surface area contributed by atoms with Crippen LogP contribution in [-0.2, 0) is 13.0 Å². The highest BCUT2D eigenvalue weighted by atomic mass is 35.5. The first-order valence-electron chi connectivity index (χ1n) is 12.5. The number of benzene rings is 2. The molecular formula is C27H31ClN5O4+. The Balaban J connectivity index is 1.21. The van der Waals surface area contributed by atoms with Gasteiger partial charge >= 0.3 is 5.69 Å². The van der Waals surface area contributed by atoms with Gasteiger partial charge in [-0.1, -0.05) is 23.7 Å². The molecule has 0 radical (unpaired) electrons. The van der Waals surface area contributed by atoms with E-state index in [1.54, 1.807) is 30.9 Å². The zero-order chi connectivity index (χ0) is 25.9. The number of nitrogens with zero attached hydrogens (tertiary/aromatic N) is 3. The molecule has 2 aromatic carbocycles. The lowest BCUT2D eigenvalue weighted by molar-refractivity contribution is -0.902. The summed E-state index contributed by atoms with van der Waals surface area (Å²) in [5.74, 6) is 1.85. The SMILES string of the molecule is COc1cc2c(cc1OC)-c1cc(NCC[NH+]3CCN(C(=O)c4ccccc4Cl)CC3)nc(=O)n1CC2. The number of anilines is 1. The molecule has 5 rings (SSSR count). The first-order chi connectivity index (χ1) is 18.0. The fourth-order valence-corrected chi connectivity index (χ4v) is 5.30. The van der Waals surface area contributed by atoms with Crippen molar-refractivity contribution < 1.29 is 19.2 Å². The van der Waals surface area contributed by atoms with Crippen molar-refractivity contribution in [3.8, 4) is 22.8 Å². The molecule has 1 fully saturated rings. The van der Waals surface area contributed by atoms with Gasteiger partial charge in [0.15, 0.2) is 11.5 Å². The Morgan fingerprint density at radius 1 is 1.08 bits per heavy atom. The summed E-state index contributed by atoms with van der Waals surface area (Å²) in [4.78, 5) is 33.1. The lowest BCUT2D eigenvalue weighted by atomic mass is 9.97. The van der Waals surface area contributed by atoms with E-state index in [-0.39, 0.29) is 11.6 Å². The number of nitrogens with one attached hydrogen (secondary N) is 2. The standard InChI is InChI=1S/C27H30ClN5O4/c1-36-23-15-18-7-9-33-22(20(18)16-24(23)37-2)17-25(30-27(33)35)29-8-10-31-11-13-32(14-12-31)26(34)19-5-3-4-6-21(19)28/h3-6,15-17H,7-14H2,1-2H3,(H,29,30,35)/p+1. The first-order valence-corrected chi connectivity index (χ1v) is 12.8. The molecule has 37 heavy (non-hydrogen) atoms. The van der Waals surface area contributed by atoms with Gasteiger partial charge in [0, 0.05) is 18.2 Å². The molecule has 0 saturated carbocycles. The van der Waals surface area contributed by atoms with Crippen molar-refractivity contribution in [3.05, 3.63) is 69.1 Å². The number of ether oxygens (including phenoxy) is 2. The Labute approximate surface area is 220 Å². The third kappa shape index (κ3) is 5.14. The van der Waals surface area contributed by atoms with Crippen LogP contribution >= 0.6 is 11.6 Å². The number of quaternary nitrogens is 1. The molecule has 1 amide bonds. The van der Waals surface area contributed by atoms with E-state index in [4.69, 9.17) is 21.1 Å². The van der Waals surface area contributed by atoms with E-state index in [1.807, 2.05) is 35.2 Å². The second kappa shape index (κ2) is 10.8. The normalized spacial score (nSPS) is 15.1. The van der Waals surface area contributed by atoms with Crippen molar-refractivity contribution in [3.63, 3.8) is 0 Å². The summed E-state index contributed by atoms with van der Waals surface area (Å²) < 4.78 is 12.6. The number of piperazine rings is 1. The second-order valence-corrected chi connectivity index (χ2v) is 9.68. The molecule has 0 spiro atoms.